The molecule has 0 radical (unpaired) electrons. The maximum Gasteiger partial charge on any atom is 0.420 e. The van der Waals surface area contributed by atoms with Crippen molar-refractivity contribution in [2.75, 3.05) is 7.11 Å². The molecular weight excluding hydrogens is 284 g/mol. The van der Waals surface area contributed by atoms with Gasteiger partial charge in [0, 0.05) is 6.07 Å². The second-order valence-electron chi connectivity index (χ2n) is 3.32. The molecule has 0 saturated carbocycles. The number of hydrogen-bond donors (Lipinski definition) is 0. The van der Waals surface area contributed by atoms with Gasteiger partial charge in [-0.2, -0.15) is 26.3 Å². The van der Waals surface area contributed by atoms with Gasteiger partial charge in [-0.1, -0.05) is 0 Å². The third-order valence-electron chi connectivity index (χ3n) is 2.11. The van der Waals surface area contributed by atoms with Gasteiger partial charge >= 0.3 is 12.4 Å². The highest BCUT2D eigenvalue weighted by Crippen LogP contribution is 2.46. The number of ether oxygens (including phenoxy) is 1. The van der Waals surface area contributed by atoms with Gasteiger partial charge in [0.15, 0.2) is 0 Å². The van der Waals surface area contributed by atoms with E-state index in [0.29, 0.717) is 7.11 Å². The SMILES string of the molecule is COc1cc([N+](=O)[O-])cc(C(F)(F)F)c1C(F)(F)F. The minimum atomic E-state index is -5.40. The van der Waals surface area contributed by atoms with E-state index in [-0.39, 0.29) is 12.1 Å². The summed E-state index contributed by atoms with van der Waals surface area (Å²) in [7, 11) is 0.689. The molecular formula is C9H5F6NO3. The Bertz CT molecular complexity index is 508. The third-order valence-corrected chi connectivity index (χ3v) is 2.11. The summed E-state index contributed by atoms with van der Waals surface area (Å²) in [5.74, 6) is -1.26. The lowest BCUT2D eigenvalue weighted by Crippen LogP contribution is -2.18. The molecule has 0 atom stereocenters. The van der Waals surface area contributed by atoms with E-state index in [9.17, 15) is 36.5 Å². The van der Waals surface area contributed by atoms with Crippen LogP contribution in [0, 0.1) is 10.1 Å². The van der Waals surface area contributed by atoms with Crippen molar-refractivity contribution in [3.63, 3.8) is 0 Å². The summed E-state index contributed by atoms with van der Waals surface area (Å²) < 4.78 is 79.7. The Kier molecular flexibility index (Phi) is 3.64. The summed E-state index contributed by atoms with van der Waals surface area (Å²) in [6.07, 6.45) is -10.8. The Morgan fingerprint density at radius 3 is 1.95 bits per heavy atom. The number of nitro groups is 1. The highest BCUT2D eigenvalue weighted by molar-refractivity contribution is 5.52. The largest absolute Gasteiger partial charge is 0.496 e. The van der Waals surface area contributed by atoms with Crippen LogP contribution in [0.3, 0.4) is 0 Å². The van der Waals surface area contributed by atoms with E-state index < -0.39 is 39.8 Å². The Morgan fingerprint density at radius 2 is 1.63 bits per heavy atom. The minimum Gasteiger partial charge on any atom is -0.496 e. The number of rotatable bonds is 2. The molecule has 0 aliphatic rings. The maximum atomic E-state index is 12.6. The van der Waals surface area contributed by atoms with Gasteiger partial charge in [-0.05, 0) is 0 Å². The average molecular weight is 289 g/mol. The van der Waals surface area contributed by atoms with E-state index in [1.54, 1.807) is 0 Å². The van der Waals surface area contributed by atoms with E-state index >= 15 is 0 Å². The van der Waals surface area contributed by atoms with Crippen LogP contribution in [0.25, 0.3) is 0 Å². The number of non-ortho nitro benzene ring substituents is 1. The van der Waals surface area contributed by atoms with Crippen LogP contribution in [0.1, 0.15) is 11.1 Å². The monoisotopic (exact) mass is 289 g/mol. The van der Waals surface area contributed by atoms with Gasteiger partial charge < -0.3 is 4.74 Å². The first-order valence-corrected chi connectivity index (χ1v) is 4.49. The smallest absolute Gasteiger partial charge is 0.420 e. The number of alkyl halides is 6. The van der Waals surface area contributed by atoms with Crippen LogP contribution in [0.2, 0.25) is 0 Å². The van der Waals surface area contributed by atoms with E-state index in [4.69, 9.17) is 0 Å². The Labute approximate surface area is 101 Å². The topological polar surface area (TPSA) is 52.4 Å². The fourth-order valence-corrected chi connectivity index (χ4v) is 1.38. The fraction of sp³-hybridized carbons (Fsp3) is 0.333. The highest BCUT2D eigenvalue weighted by Gasteiger charge is 2.47. The first kappa shape index (κ1) is 15.1. The third kappa shape index (κ3) is 3.06. The van der Waals surface area contributed by atoms with Crippen molar-refractivity contribution in [2.45, 2.75) is 12.4 Å². The zero-order valence-corrected chi connectivity index (χ0v) is 9.09. The van der Waals surface area contributed by atoms with Crippen molar-refractivity contribution in [3.05, 3.63) is 33.4 Å². The lowest BCUT2D eigenvalue weighted by molar-refractivity contribution is -0.385. The zero-order chi connectivity index (χ0) is 15.0. The summed E-state index contributed by atoms with van der Waals surface area (Å²) in [6, 6.07) is 0.114. The Morgan fingerprint density at radius 1 is 1.11 bits per heavy atom. The second kappa shape index (κ2) is 4.59. The standard InChI is InChI=1S/C9H5F6NO3/c1-19-6-3-4(16(17)18)2-5(8(10,11)12)7(6)9(13,14)15/h2-3H,1H3. The summed E-state index contributed by atoms with van der Waals surface area (Å²) in [6.45, 7) is 0. The van der Waals surface area contributed by atoms with Gasteiger partial charge in [0.1, 0.15) is 11.3 Å². The zero-order valence-electron chi connectivity index (χ0n) is 9.09. The van der Waals surface area contributed by atoms with Crippen molar-refractivity contribution < 1.29 is 36.0 Å². The molecule has 0 heterocycles. The second-order valence-corrected chi connectivity index (χ2v) is 3.32. The van der Waals surface area contributed by atoms with Crippen molar-refractivity contribution in [2.24, 2.45) is 0 Å². The summed E-state index contributed by atoms with van der Waals surface area (Å²) in [5, 5.41) is 10.4. The van der Waals surface area contributed by atoms with Crippen LogP contribution in [-0.4, -0.2) is 12.0 Å². The van der Waals surface area contributed by atoms with Gasteiger partial charge in [0.05, 0.1) is 23.7 Å². The molecule has 0 saturated heterocycles. The van der Waals surface area contributed by atoms with Crippen LogP contribution in [0.4, 0.5) is 32.0 Å². The van der Waals surface area contributed by atoms with Crippen molar-refractivity contribution in [1.82, 2.24) is 0 Å². The molecule has 0 aliphatic carbocycles. The predicted molar refractivity (Wildman–Crippen MR) is 49.7 cm³/mol. The van der Waals surface area contributed by atoms with Crippen LogP contribution >= 0.6 is 0 Å². The lowest BCUT2D eigenvalue weighted by Gasteiger charge is -2.18. The molecule has 1 aromatic rings. The number of benzene rings is 1. The minimum absolute atomic E-state index is 0.175. The van der Waals surface area contributed by atoms with Crippen LogP contribution in [-0.2, 0) is 12.4 Å². The number of methoxy groups -OCH3 is 1. The molecule has 1 aromatic carbocycles. The first-order chi connectivity index (χ1) is 8.48. The Balaban J connectivity index is 3.73. The molecule has 0 bridgehead atoms. The Hall–Kier alpha value is -2.00. The van der Waals surface area contributed by atoms with Gasteiger partial charge in [-0.15, -0.1) is 0 Å². The lowest BCUT2D eigenvalue weighted by atomic mass is 10.0. The van der Waals surface area contributed by atoms with Gasteiger partial charge in [-0.3, -0.25) is 10.1 Å². The molecule has 0 N–H and O–H groups in total. The van der Waals surface area contributed by atoms with E-state index in [2.05, 4.69) is 4.74 Å². The average Bonchev–Trinajstić information content (AvgIpc) is 2.24. The van der Waals surface area contributed by atoms with E-state index in [1.807, 2.05) is 0 Å². The molecule has 0 unspecified atom stereocenters. The molecule has 0 spiro atoms. The van der Waals surface area contributed by atoms with E-state index in [0.717, 1.165) is 0 Å². The van der Waals surface area contributed by atoms with E-state index in [1.165, 1.54) is 0 Å². The number of halogens is 6. The molecule has 0 aromatic heterocycles. The van der Waals surface area contributed by atoms with Crippen LogP contribution in [0.15, 0.2) is 12.1 Å². The summed E-state index contributed by atoms with van der Waals surface area (Å²) >= 11 is 0. The number of nitro benzene ring substituents is 1. The molecule has 0 amide bonds. The molecule has 10 heteroatoms. The summed E-state index contributed by atoms with van der Waals surface area (Å²) in [4.78, 5) is 9.17. The van der Waals surface area contributed by atoms with Crippen LogP contribution in [0.5, 0.6) is 5.75 Å². The molecule has 106 valence electrons. The normalized spacial score (nSPS) is 12.4. The van der Waals surface area contributed by atoms with Gasteiger partial charge in [0.2, 0.25) is 0 Å². The molecule has 0 aliphatic heterocycles. The molecule has 0 fully saturated rings. The molecule has 1 rings (SSSR count). The maximum absolute atomic E-state index is 12.6. The predicted octanol–water partition coefficient (Wildman–Crippen LogP) is 3.64. The van der Waals surface area contributed by atoms with Crippen molar-refractivity contribution in [3.8, 4) is 5.75 Å². The number of hydrogen-bond acceptors (Lipinski definition) is 3. The fourth-order valence-electron chi connectivity index (χ4n) is 1.38. The van der Waals surface area contributed by atoms with Gasteiger partial charge in [0.25, 0.3) is 5.69 Å². The molecule has 19 heavy (non-hydrogen) atoms. The molecule has 4 nitrogen and oxygen atoms in total. The van der Waals surface area contributed by atoms with Crippen LogP contribution < -0.4 is 4.74 Å². The highest BCUT2D eigenvalue weighted by atomic mass is 19.4. The number of nitrogens with zero attached hydrogens (tertiary/aromatic N) is 1. The van der Waals surface area contributed by atoms with Gasteiger partial charge in [-0.25, -0.2) is 0 Å². The van der Waals surface area contributed by atoms with Crippen molar-refractivity contribution in [1.29, 1.82) is 0 Å². The summed E-state index contributed by atoms with van der Waals surface area (Å²) in [5.41, 5.74) is -5.39. The quantitative estimate of drug-likeness (QED) is 0.474. The van der Waals surface area contributed by atoms with Crippen molar-refractivity contribution >= 4 is 5.69 Å². The first-order valence-electron chi connectivity index (χ1n) is 4.49.